The van der Waals surface area contributed by atoms with Gasteiger partial charge in [0.05, 0.1) is 12.2 Å². The van der Waals surface area contributed by atoms with Gasteiger partial charge in [0.25, 0.3) is 0 Å². The molecule has 0 atom stereocenters. The summed E-state index contributed by atoms with van der Waals surface area (Å²) in [6.07, 6.45) is 5.50. The zero-order valence-corrected chi connectivity index (χ0v) is 21.7. The predicted octanol–water partition coefficient (Wildman–Crippen LogP) is 3.64. The minimum Gasteiger partial charge on any atom is -0.375 e. The van der Waals surface area contributed by atoms with Gasteiger partial charge in [-0.2, -0.15) is 0 Å². The van der Waals surface area contributed by atoms with E-state index in [2.05, 4.69) is 61.1 Å². The average Bonchev–Trinajstić information content (AvgIpc) is 2.70. The van der Waals surface area contributed by atoms with Crippen LogP contribution < -0.4 is 0 Å². The maximum atomic E-state index is 5.91. The van der Waals surface area contributed by atoms with Crippen LogP contribution in [0.25, 0.3) is 0 Å². The molecule has 0 aromatic heterocycles. The lowest BCUT2D eigenvalue weighted by molar-refractivity contribution is -0.0170. The molecule has 31 heavy (non-hydrogen) atoms. The first-order valence-electron chi connectivity index (χ1n) is 13.1. The average molecular weight is 437 g/mol. The molecule has 5 heteroatoms. The summed E-state index contributed by atoms with van der Waals surface area (Å²) in [5.74, 6) is 1.81. The van der Waals surface area contributed by atoms with Crippen molar-refractivity contribution in [3.63, 3.8) is 0 Å². The van der Waals surface area contributed by atoms with Gasteiger partial charge in [-0.3, -0.25) is 4.90 Å². The van der Waals surface area contributed by atoms with E-state index in [0.29, 0.717) is 5.54 Å². The molecule has 0 N–H and O–H groups in total. The van der Waals surface area contributed by atoms with Gasteiger partial charge in [0.2, 0.25) is 0 Å². The summed E-state index contributed by atoms with van der Waals surface area (Å²) in [5, 5.41) is 0. The molecule has 3 fully saturated rings. The van der Waals surface area contributed by atoms with E-state index >= 15 is 0 Å². The molecule has 0 amide bonds. The van der Waals surface area contributed by atoms with E-state index in [1.54, 1.807) is 0 Å². The number of hydrogen-bond acceptors (Lipinski definition) is 5. The molecule has 3 saturated heterocycles. The van der Waals surface area contributed by atoms with Crippen molar-refractivity contribution in [3.05, 3.63) is 0 Å². The number of rotatable bonds is 7. The second-order valence-corrected chi connectivity index (χ2v) is 12.4. The Kier molecular flexibility index (Phi) is 9.26. The highest BCUT2D eigenvalue weighted by Gasteiger charge is 2.29. The first kappa shape index (κ1) is 25.4. The molecule has 182 valence electrons. The molecule has 3 heterocycles. The SMILES string of the molecule is CC(C)(C)OCCN1CCC(CN2CCN(CC3CCN(C(C)(C)C)CC3)CC2)CC1. The standard InChI is InChI=1S/C26H52N4O/c1-25(2,3)30-13-9-24(10-14-30)22-29-17-15-28(16-18-29)21-23-7-11-27(12-8-23)19-20-31-26(4,5)6/h23-24H,7-22H2,1-6H3. The number of piperidine rings is 2. The normalized spacial score (nSPS) is 25.4. The van der Waals surface area contributed by atoms with Gasteiger partial charge < -0.3 is 19.4 Å². The topological polar surface area (TPSA) is 22.2 Å². The Hall–Kier alpha value is -0.200. The second-order valence-electron chi connectivity index (χ2n) is 12.4. The van der Waals surface area contributed by atoms with E-state index in [-0.39, 0.29) is 5.60 Å². The zero-order valence-electron chi connectivity index (χ0n) is 21.7. The highest BCUT2D eigenvalue weighted by atomic mass is 16.5. The van der Waals surface area contributed by atoms with Crippen LogP contribution in [-0.4, -0.2) is 109 Å². The summed E-state index contributed by atoms with van der Waals surface area (Å²) in [5.41, 5.74) is 0.331. The summed E-state index contributed by atoms with van der Waals surface area (Å²) in [4.78, 5) is 10.8. The molecular weight excluding hydrogens is 384 g/mol. The summed E-state index contributed by atoms with van der Waals surface area (Å²) in [7, 11) is 0. The number of nitrogens with zero attached hydrogens (tertiary/aromatic N) is 4. The van der Waals surface area contributed by atoms with Crippen molar-refractivity contribution in [1.82, 2.24) is 19.6 Å². The van der Waals surface area contributed by atoms with Gasteiger partial charge in [0.1, 0.15) is 0 Å². The third-order valence-electron chi connectivity index (χ3n) is 7.71. The number of ether oxygens (including phenoxy) is 1. The van der Waals surface area contributed by atoms with Crippen LogP contribution in [0.3, 0.4) is 0 Å². The molecule has 0 bridgehead atoms. The first-order valence-corrected chi connectivity index (χ1v) is 13.1. The molecule has 0 spiro atoms. The van der Waals surface area contributed by atoms with Crippen molar-refractivity contribution >= 4 is 0 Å². The maximum Gasteiger partial charge on any atom is 0.0600 e. The van der Waals surface area contributed by atoms with Crippen molar-refractivity contribution in [2.45, 2.75) is 78.4 Å². The van der Waals surface area contributed by atoms with Crippen molar-refractivity contribution in [2.75, 3.05) is 78.6 Å². The molecule has 0 radical (unpaired) electrons. The van der Waals surface area contributed by atoms with Gasteiger partial charge in [-0.05, 0) is 105 Å². The largest absolute Gasteiger partial charge is 0.375 e. The molecule has 0 unspecified atom stereocenters. The van der Waals surface area contributed by atoms with Gasteiger partial charge in [0, 0.05) is 51.4 Å². The van der Waals surface area contributed by atoms with Crippen molar-refractivity contribution in [2.24, 2.45) is 11.8 Å². The van der Waals surface area contributed by atoms with E-state index in [9.17, 15) is 0 Å². The lowest BCUT2D eigenvalue weighted by atomic mass is 9.92. The predicted molar refractivity (Wildman–Crippen MR) is 132 cm³/mol. The highest BCUT2D eigenvalue weighted by molar-refractivity contribution is 4.84. The molecule has 0 saturated carbocycles. The fourth-order valence-corrected chi connectivity index (χ4v) is 5.54. The van der Waals surface area contributed by atoms with E-state index in [1.807, 2.05) is 0 Å². The Morgan fingerprint density at radius 3 is 1.48 bits per heavy atom. The third-order valence-corrected chi connectivity index (χ3v) is 7.71. The maximum absolute atomic E-state index is 5.91. The molecular formula is C26H52N4O. The third kappa shape index (κ3) is 8.92. The second kappa shape index (κ2) is 11.3. The molecule has 0 aliphatic carbocycles. The van der Waals surface area contributed by atoms with Gasteiger partial charge in [-0.1, -0.05) is 0 Å². The van der Waals surface area contributed by atoms with E-state index in [0.717, 1.165) is 25.0 Å². The van der Waals surface area contributed by atoms with Crippen LogP contribution in [0.5, 0.6) is 0 Å². The van der Waals surface area contributed by atoms with Crippen LogP contribution in [0, 0.1) is 11.8 Å². The van der Waals surface area contributed by atoms with E-state index < -0.39 is 0 Å². The molecule has 0 aromatic carbocycles. The van der Waals surface area contributed by atoms with Crippen LogP contribution in [0.4, 0.5) is 0 Å². The van der Waals surface area contributed by atoms with Gasteiger partial charge >= 0.3 is 0 Å². The van der Waals surface area contributed by atoms with Crippen LogP contribution in [0.1, 0.15) is 67.2 Å². The summed E-state index contributed by atoms with van der Waals surface area (Å²) < 4.78 is 5.91. The van der Waals surface area contributed by atoms with E-state index in [1.165, 1.54) is 91.1 Å². The van der Waals surface area contributed by atoms with Gasteiger partial charge in [0.15, 0.2) is 0 Å². The van der Waals surface area contributed by atoms with E-state index in [4.69, 9.17) is 4.74 Å². The number of piperazine rings is 1. The van der Waals surface area contributed by atoms with Crippen LogP contribution >= 0.6 is 0 Å². The zero-order chi connectivity index (χ0) is 22.5. The van der Waals surface area contributed by atoms with Crippen molar-refractivity contribution < 1.29 is 4.74 Å². The minimum absolute atomic E-state index is 0.00970. The summed E-state index contributed by atoms with van der Waals surface area (Å²) in [6, 6.07) is 0. The van der Waals surface area contributed by atoms with Crippen molar-refractivity contribution in [3.8, 4) is 0 Å². The van der Waals surface area contributed by atoms with Crippen LogP contribution in [0.2, 0.25) is 0 Å². The highest BCUT2D eigenvalue weighted by Crippen LogP contribution is 2.25. The number of likely N-dealkylation sites (tertiary alicyclic amines) is 2. The Morgan fingerprint density at radius 2 is 1.06 bits per heavy atom. The molecule has 3 aliphatic heterocycles. The van der Waals surface area contributed by atoms with Gasteiger partial charge in [-0.15, -0.1) is 0 Å². The summed E-state index contributed by atoms with van der Waals surface area (Å²) >= 11 is 0. The molecule has 3 rings (SSSR count). The smallest absolute Gasteiger partial charge is 0.0600 e. The monoisotopic (exact) mass is 436 g/mol. The van der Waals surface area contributed by atoms with Crippen LogP contribution in [-0.2, 0) is 4.74 Å². The van der Waals surface area contributed by atoms with Gasteiger partial charge in [-0.25, -0.2) is 0 Å². The Labute approximate surface area is 193 Å². The lowest BCUT2D eigenvalue weighted by Gasteiger charge is -2.43. The Morgan fingerprint density at radius 1 is 0.613 bits per heavy atom. The fraction of sp³-hybridized carbons (Fsp3) is 1.00. The first-order chi connectivity index (χ1) is 14.6. The summed E-state index contributed by atoms with van der Waals surface area (Å²) in [6.45, 7) is 28.3. The van der Waals surface area contributed by atoms with Crippen molar-refractivity contribution in [1.29, 1.82) is 0 Å². The molecule has 3 aliphatic rings. The molecule has 0 aromatic rings. The lowest BCUT2D eigenvalue weighted by Crippen LogP contribution is -2.51. The quantitative estimate of drug-likeness (QED) is 0.606. The molecule has 5 nitrogen and oxygen atoms in total. The van der Waals surface area contributed by atoms with Crippen LogP contribution in [0.15, 0.2) is 0 Å². The number of hydrogen-bond donors (Lipinski definition) is 0. The Balaban J connectivity index is 1.26. The minimum atomic E-state index is -0.00970. The Bertz CT molecular complexity index is 502. The fourth-order valence-electron chi connectivity index (χ4n) is 5.54.